The number of aromatic nitrogens is 2. The molecule has 2 aliphatic heterocycles. The van der Waals surface area contributed by atoms with Gasteiger partial charge in [0.05, 0.1) is 0 Å². The van der Waals surface area contributed by atoms with Crippen LogP contribution in [0.3, 0.4) is 0 Å². The van der Waals surface area contributed by atoms with E-state index in [2.05, 4.69) is 48.6 Å². The Morgan fingerprint density at radius 3 is 2.42 bits per heavy atom. The molecule has 4 rings (SSSR count). The van der Waals surface area contributed by atoms with Crippen LogP contribution in [0.2, 0.25) is 0 Å². The van der Waals surface area contributed by atoms with E-state index in [0.717, 1.165) is 92.5 Å². The minimum atomic E-state index is 0.130. The highest BCUT2D eigenvalue weighted by Gasteiger charge is 2.22. The molecule has 0 radical (unpaired) electrons. The standard InChI is InChI=1S/C25H36N6OS/c1-5-29-11-15-30(16-12-29)23-19(2)20(3)26-25(27-23)33-18-21-7-6-8-22(17-21)24(32)31-13-9-28(4)10-14-31/h6-8,17H,5,9-16,18H2,1-4H3. The van der Waals surface area contributed by atoms with E-state index in [-0.39, 0.29) is 5.91 Å². The van der Waals surface area contributed by atoms with Crippen molar-refractivity contribution in [3.8, 4) is 0 Å². The first-order valence-corrected chi connectivity index (χ1v) is 12.9. The summed E-state index contributed by atoms with van der Waals surface area (Å²) in [7, 11) is 2.10. The second-order valence-electron chi connectivity index (χ2n) is 9.05. The molecule has 1 amide bonds. The van der Waals surface area contributed by atoms with Crippen LogP contribution in [-0.2, 0) is 5.75 Å². The zero-order valence-corrected chi connectivity index (χ0v) is 21.2. The minimum Gasteiger partial charge on any atom is -0.354 e. The van der Waals surface area contributed by atoms with Gasteiger partial charge in [0, 0.05) is 74.9 Å². The molecule has 1 aromatic carbocycles. The van der Waals surface area contributed by atoms with Crippen molar-refractivity contribution in [3.63, 3.8) is 0 Å². The van der Waals surface area contributed by atoms with E-state index in [1.54, 1.807) is 11.8 Å². The first-order valence-electron chi connectivity index (χ1n) is 12.0. The number of rotatable bonds is 6. The Kier molecular flexibility index (Phi) is 7.88. The highest BCUT2D eigenvalue weighted by atomic mass is 32.2. The molecule has 0 atom stereocenters. The number of hydrogen-bond donors (Lipinski definition) is 0. The van der Waals surface area contributed by atoms with E-state index in [9.17, 15) is 4.79 Å². The normalized spacial score (nSPS) is 18.1. The molecule has 2 aromatic rings. The van der Waals surface area contributed by atoms with Gasteiger partial charge in [-0.2, -0.15) is 0 Å². The lowest BCUT2D eigenvalue weighted by Crippen LogP contribution is -2.47. The molecule has 2 saturated heterocycles. The maximum atomic E-state index is 12.9. The third kappa shape index (κ3) is 5.86. The highest BCUT2D eigenvalue weighted by molar-refractivity contribution is 7.98. The SMILES string of the molecule is CCN1CCN(c2nc(SCc3cccc(C(=O)N4CCN(C)CC4)c3)nc(C)c2C)CC1. The molecule has 33 heavy (non-hydrogen) atoms. The van der Waals surface area contributed by atoms with Crippen LogP contribution in [0.15, 0.2) is 29.4 Å². The Balaban J connectivity index is 1.42. The molecule has 0 N–H and O–H groups in total. The van der Waals surface area contributed by atoms with Gasteiger partial charge in [0.15, 0.2) is 5.16 Å². The molecule has 1 aromatic heterocycles. The number of thioether (sulfide) groups is 1. The van der Waals surface area contributed by atoms with Crippen LogP contribution < -0.4 is 4.90 Å². The zero-order chi connectivity index (χ0) is 23.4. The number of piperazine rings is 2. The summed E-state index contributed by atoms with van der Waals surface area (Å²) in [6.07, 6.45) is 0. The summed E-state index contributed by atoms with van der Waals surface area (Å²) in [5.74, 6) is 1.95. The topological polar surface area (TPSA) is 55.8 Å². The maximum absolute atomic E-state index is 12.9. The van der Waals surface area contributed by atoms with Gasteiger partial charge in [-0.1, -0.05) is 30.8 Å². The number of benzene rings is 1. The Labute approximate surface area is 202 Å². The molecule has 7 nitrogen and oxygen atoms in total. The number of anilines is 1. The lowest BCUT2D eigenvalue weighted by Gasteiger charge is -2.35. The fourth-order valence-electron chi connectivity index (χ4n) is 4.37. The van der Waals surface area contributed by atoms with Gasteiger partial charge < -0.3 is 19.6 Å². The Morgan fingerprint density at radius 1 is 1.00 bits per heavy atom. The number of likely N-dealkylation sites (N-methyl/N-ethyl adjacent to an activating group) is 2. The lowest BCUT2D eigenvalue weighted by atomic mass is 10.1. The zero-order valence-electron chi connectivity index (χ0n) is 20.4. The Hall–Kier alpha value is -2.16. The summed E-state index contributed by atoms with van der Waals surface area (Å²) >= 11 is 1.65. The van der Waals surface area contributed by atoms with Crippen LogP contribution in [0.25, 0.3) is 0 Å². The largest absolute Gasteiger partial charge is 0.354 e. The first kappa shape index (κ1) is 24.0. The van der Waals surface area contributed by atoms with Gasteiger partial charge in [0.25, 0.3) is 5.91 Å². The third-order valence-corrected chi connectivity index (χ3v) is 7.71. The molecular weight excluding hydrogens is 432 g/mol. The summed E-state index contributed by atoms with van der Waals surface area (Å²) in [5, 5.41) is 0.807. The molecule has 3 heterocycles. The molecule has 178 valence electrons. The van der Waals surface area contributed by atoms with E-state index in [4.69, 9.17) is 9.97 Å². The minimum absolute atomic E-state index is 0.130. The predicted octanol–water partition coefficient (Wildman–Crippen LogP) is 2.92. The van der Waals surface area contributed by atoms with Gasteiger partial charge >= 0.3 is 0 Å². The van der Waals surface area contributed by atoms with E-state index in [0.29, 0.717) is 0 Å². The van der Waals surface area contributed by atoms with Crippen molar-refractivity contribution in [2.45, 2.75) is 31.7 Å². The van der Waals surface area contributed by atoms with Gasteiger partial charge in [-0.25, -0.2) is 9.97 Å². The molecule has 0 saturated carbocycles. The van der Waals surface area contributed by atoms with Gasteiger partial charge in [-0.3, -0.25) is 4.79 Å². The van der Waals surface area contributed by atoms with Crippen molar-refractivity contribution in [3.05, 3.63) is 46.6 Å². The van der Waals surface area contributed by atoms with E-state index in [1.807, 2.05) is 23.1 Å². The van der Waals surface area contributed by atoms with Crippen LogP contribution in [-0.4, -0.2) is 96.5 Å². The maximum Gasteiger partial charge on any atom is 0.253 e. The van der Waals surface area contributed by atoms with E-state index < -0.39 is 0 Å². The van der Waals surface area contributed by atoms with Gasteiger partial charge in [-0.15, -0.1) is 0 Å². The molecule has 2 fully saturated rings. The molecule has 0 aliphatic carbocycles. The molecular formula is C25H36N6OS. The predicted molar refractivity (Wildman–Crippen MR) is 135 cm³/mol. The van der Waals surface area contributed by atoms with E-state index >= 15 is 0 Å². The quantitative estimate of drug-likeness (QED) is 0.477. The monoisotopic (exact) mass is 468 g/mol. The molecule has 0 bridgehead atoms. The number of hydrogen-bond acceptors (Lipinski definition) is 7. The van der Waals surface area contributed by atoms with Gasteiger partial charge in [0.1, 0.15) is 5.82 Å². The average Bonchev–Trinajstić information content (AvgIpc) is 2.85. The summed E-state index contributed by atoms with van der Waals surface area (Å²) in [5.41, 5.74) is 4.11. The van der Waals surface area contributed by atoms with E-state index in [1.165, 1.54) is 5.56 Å². The number of aryl methyl sites for hydroxylation is 1. The second-order valence-corrected chi connectivity index (χ2v) is 9.99. The highest BCUT2D eigenvalue weighted by Crippen LogP contribution is 2.27. The molecule has 8 heteroatoms. The van der Waals surface area contributed by atoms with Crippen molar-refractivity contribution in [1.29, 1.82) is 0 Å². The second kappa shape index (κ2) is 10.8. The van der Waals surface area contributed by atoms with Crippen molar-refractivity contribution < 1.29 is 4.79 Å². The van der Waals surface area contributed by atoms with Crippen LogP contribution in [0.1, 0.15) is 34.1 Å². The third-order valence-electron chi connectivity index (χ3n) is 6.79. The molecule has 0 unspecified atom stereocenters. The average molecular weight is 469 g/mol. The summed E-state index contributed by atoms with van der Waals surface area (Å²) in [6, 6.07) is 8.02. The first-order chi connectivity index (χ1) is 15.9. The Bertz CT molecular complexity index is 967. The summed E-state index contributed by atoms with van der Waals surface area (Å²) < 4.78 is 0. The van der Waals surface area contributed by atoms with Gasteiger partial charge in [0.2, 0.25) is 0 Å². The van der Waals surface area contributed by atoms with Crippen LogP contribution >= 0.6 is 11.8 Å². The van der Waals surface area contributed by atoms with Crippen molar-refractivity contribution in [1.82, 2.24) is 24.7 Å². The van der Waals surface area contributed by atoms with Crippen LogP contribution in [0.5, 0.6) is 0 Å². The van der Waals surface area contributed by atoms with Crippen molar-refractivity contribution >= 4 is 23.5 Å². The molecule has 0 spiro atoms. The van der Waals surface area contributed by atoms with Crippen LogP contribution in [0.4, 0.5) is 5.82 Å². The number of carbonyl (C=O) groups is 1. The lowest BCUT2D eigenvalue weighted by molar-refractivity contribution is 0.0664. The smallest absolute Gasteiger partial charge is 0.253 e. The fourth-order valence-corrected chi connectivity index (χ4v) is 5.20. The van der Waals surface area contributed by atoms with Crippen molar-refractivity contribution in [2.75, 3.05) is 70.9 Å². The summed E-state index contributed by atoms with van der Waals surface area (Å²) in [4.78, 5) is 31.7. The number of nitrogens with zero attached hydrogens (tertiary/aromatic N) is 6. The Morgan fingerprint density at radius 2 is 1.73 bits per heavy atom. The summed E-state index contributed by atoms with van der Waals surface area (Å²) in [6.45, 7) is 15.1. The van der Waals surface area contributed by atoms with Crippen LogP contribution in [0, 0.1) is 13.8 Å². The van der Waals surface area contributed by atoms with Gasteiger partial charge in [-0.05, 0) is 45.1 Å². The number of carbonyl (C=O) groups excluding carboxylic acids is 1. The molecule has 2 aliphatic rings. The van der Waals surface area contributed by atoms with Crippen molar-refractivity contribution in [2.24, 2.45) is 0 Å². The fraction of sp³-hybridized carbons (Fsp3) is 0.560. The number of amides is 1.